The number of amides is 3. The molecule has 6 aliphatic rings. The quantitative estimate of drug-likeness (QED) is 0.174. The molecule has 2 heterocycles. The molecule has 12 heteroatoms. The minimum atomic E-state index is -0.434. The van der Waals surface area contributed by atoms with Crippen LogP contribution in [0.3, 0.4) is 0 Å². The number of nitrogens with one attached hydrogen (secondary N) is 1. The van der Waals surface area contributed by atoms with Crippen LogP contribution >= 0.6 is 0 Å². The maximum Gasteiger partial charge on any atom is 0.336 e. The van der Waals surface area contributed by atoms with E-state index >= 15 is 0 Å². The number of carbonyl (C=O) groups is 4. The first-order valence-electron chi connectivity index (χ1n) is 19.0. The third-order valence-corrected chi connectivity index (χ3v) is 10.2. The van der Waals surface area contributed by atoms with E-state index < -0.39 is 17.8 Å². The Bertz CT molecular complexity index is 845. The zero-order valence-corrected chi connectivity index (χ0v) is 31.7. The van der Waals surface area contributed by atoms with Crippen LogP contribution in [0.25, 0.3) is 0 Å². The molecule has 0 unspecified atom stereocenters. The second kappa shape index (κ2) is 27.7. The van der Waals surface area contributed by atoms with Gasteiger partial charge in [0.2, 0.25) is 5.91 Å². The van der Waals surface area contributed by atoms with Gasteiger partial charge in [0.25, 0.3) is 11.8 Å². The predicted octanol–water partition coefficient (Wildman–Crippen LogP) is 5.33. The third kappa shape index (κ3) is 18.3. The Labute approximate surface area is 312 Å². The van der Waals surface area contributed by atoms with Crippen molar-refractivity contribution in [1.29, 1.82) is 0 Å². The smallest absolute Gasteiger partial charge is 0.336 e. The number of rotatable bonds is 10. The van der Waals surface area contributed by atoms with E-state index in [0.29, 0.717) is 16.9 Å². The predicted molar refractivity (Wildman–Crippen MR) is 181 cm³/mol. The van der Waals surface area contributed by atoms with Gasteiger partial charge in [-0.05, 0) is 58.2 Å². The summed E-state index contributed by atoms with van der Waals surface area (Å²) in [4.78, 5) is 55.6. The van der Waals surface area contributed by atoms with Gasteiger partial charge in [0.1, 0.15) is 0 Å². The van der Waals surface area contributed by atoms with Crippen LogP contribution in [0.4, 0.5) is 0 Å². The van der Waals surface area contributed by atoms with Gasteiger partial charge in [0.05, 0.1) is 5.92 Å². The van der Waals surface area contributed by atoms with Gasteiger partial charge in [-0.25, -0.2) is 4.79 Å². The van der Waals surface area contributed by atoms with E-state index in [4.69, 9.17) is 10.6 Å². The van der Waals surface area contributed by atoms with E-state index in [1.54, 1.807) is 0 Å². The summed E-state index contributed by atoms with van der Waals surface area (Å²) in [7, 11) is 0. The van der Waals surface area contributed by atoms with Gasteiger partial charge in [0.15, 0.2) is 0 Å². The number of hydrogen-bond donors (Lipinski definition) is 2. The molecule has 0 aromatic rings. The monoisotopic (exact) mass is 759 g/mol. The molecule has 0 spiro atoms. The summed E-state index contributed by atoms with van der Waals surface area (Å²) >= 11 is 0. The van der Waals surface area contributed by atoms with Crippen LogP contribution in [0.15, 0.2) is 0 Å². The minimum Gasteiger partial charge on any atom is -0.356 e. The fraction of sp³-hybridized carbons (Fsp3) is 0.889. The molecule has 6 fully saturated rings. The molecule has 0 radical (unpaired) electrons. The van der Waals surface area contributed by atoms with Crippen molar-refractivity contribution in [3.05, 3.63) is 0 Å². The summed E-state index contributed by atoms with van der Waals surface area (Å²) in [5.74, 6) is -0.796. The van der Waals surface area contributed by atoms with Crippen LogP contribution in [0.2, 0.25) is 0 Å². The first-order valence-corrected chi connectivity index (χ1v) is 19.0. The zero-order valence-electron chi connectivity index (χ0n) is 29.5. The van der Waals surface area contributed by atoms with Crippen molar-refractivity contribution in [3.63, 3.8) is 0 Å². The van der Waals surface area contributed by atoms with Crippen molar-refractivity contribution in [1.82, 2.24) is 20.2 Å². The van der Waals surface area contributed by atoms with Crippen molar-refractivity contribution < 1.29 is 58.2 Å². The molecule has 4 aliphatic carbocycles. The Morgan fingerprint density at radius 2 is 1.02 bits per heavy atom. The summed E-state index contributed by atoms with van der Waals surface area (Å²) in [6.07, 6.45) is 25.8. The van der Waals surface area contributed by atoms with E-state index in [1.807, 2.05) is 0 Å². The number of carbonyl (C=O) groups excluding carboxylic acids is 4. The molecule has 4 saturated carbocycles. The largest absolute Gasteiger partial charge is 0.356 e. The van der Waals surface area contributed by atoms with Gasteiger partial charge >= 0.3 is 5.97 Å². The summed E-state index contributed by atoms with van der Waals surface area (Å²) < 4.78 is 0. The van der Waals surface area contributed by atoms with Crippen molar-refractivity contribution in [2.24, 2.45) is 17.6 Å². The Hall–Kier alpha value is -1.00. The average molecular weight is 760 g/mol. The van der Waals surface area contributed by atoms with Gasteiger partial charge in [0, 0.05) is 85.6 Å². The summed E-state index contributed by atoms with van der Waals surface area (Å²) in [5.41, 5.74) is 5.55. The van der Waals surface area contributed by atoms with Crippen LogP contribution in [-0.2, 0) is 58.2 Å². The van der Waals surface area contributed by atoms with Gasteiger partial charge in [-0.1, -0.05) is 89.9 Å². The molecular weight excluding hydrogens is 694 g/mol. The molecule has 3 N–H and O–H groups in total. The van der Waals surface area contributed by atoms with Crippen LogP contribution in [-0.4, -0.2) is 90.9 Å². The van der Waals surface area contributed by atoms with Gasteiger partial charge in [-0.15, -0.1) is 5.06 Å². The molecule has 2 aliphatic heterocycles. The molecule has 0 bridgehead atoms. The molecule has 0 atom stereocenters. The van der Waals surface area contributed by atoms with Crippen LogP contribution in [0.1, 0.15) is 141 Å². The molecule has 6 rings (SSSR count). The fourth-order valence-electron chi connectivity index (χ4n) is 7.15. The minimum absolute atomic E-state index is 0. The van der Waals surface area contributed by atoms with Gasteiger partial charge in [-0.2, -0.15) is 0 Å². The summed E-state index contributed by atoms with van der Waals surface area (Å²) in [6, 6.07) is 0. The second-order valence-corrected chi connectivity index (χ2v) is 14.0. The number of nitrogens with two attached hydrogens (primary N) is 1. The third-order valence-electron chi connectivity index (χ3n) is 10.2. The molecule has 0 aromatic heterocycles. The van der Waals surface area contributed by atoms with Crippen molar-refractivity contribution in [2.75, 3.05) is 52.4 Å². The fourth-order valence-corrected chi connectivity index (χ4v) is 7.15. The number of nitrogens with zero attached hydrogens (tertiary/aromatic N) is 3. The van der Waals surface area contributed by atoms with E-state index in [2.05, 4.69) is 15.1 Å². The number of hydroxylamine groups is 2. The molecular formula is C36H65Fe2N5O5. The number of piperazine rings is 1. The normalized spacial score (nSPS) is 21.6. The maximum absolute atomic E-state index is 11.9. The van der Waals surface area contributed by atoms with E-state index in [0.717, 1.165) is 104 Å². The van der Waals surface area contributed by atoms with Crippen molar-refractivity contribution in [2.45, 2.75) is 141 Å². The standard InChI is InChI=1S/C16H32N4O.C10H13NO4.2C5H10.2Fe/c17-7-3-9-19-11-13-20(14-12-19)10-4-8-18-16(21)15-5-1-2-6-15;12-8-5-6-9(13)11(8)15-10(14)7-3-1-2-4-7;2*1-2-4-5-3-1;;/h15H,1-14,17H2,(H,18,21);7H,1-6H2;2*1-5H2;;. The Morgan fingerprint density at radius 1 is 0.625 bits per heavy atom. The molecule has 48 heavy (non-hydrogen) atoms. The molecule has 2 saturated heterocycles. The number of imide groups is 1. The molecule has 0 aromatic carbocycles. The van der Waals surface area contributed by atoms with E-state index in [9.17, 15) is 19.2 Å². The SMILES string of the molecule is C1CCCC1.C1CCCC1.NCCCN1CCN(CCCNC(=O)C2CCCC2)CC1.O=C(ON1C(=O)CCC1=O)C1CCCC1.[Fe].[Fe]. The zero-order chi connectivity index (χ0) is 32.8. The molecule has 3 amide bonds. The first kappa shape index (κ1) is 45.0. The first-order chi connectivity index (χ1) is 22.5. The van der Waals surface area contributed by atoms with Crippen molar-refractivity contribution in [3.8, 4) is 0 Å². The van der Waals surface area contributed by atoms with Gasteiger partial charge in [-0.3, -0.25) is 14.4 Å². The average Bonchev–Trinajstić information content (AvgIpc) is 3.93. The molecule has 280 valence electrons. The second-order valence-electron chi connectivity index (χ2n) is 14.0. The summed E-state index contributed by atoms with van der Waals surface area (Å²) in [6.45, 7) is 8.51. The van der Waals surface area contributed by atoms with Crippen LogP contribution in [0.5, 0.6) is 0 Å². The topological polar surface area (TPSA) is 125 Å². The van der Waals surface area contributed by atoms with Crippen LogP contribution in [0, 0.1) is 11.8 Å². The Morgan fingerprint density at radius 3 is 1.44 bits per heavy atom. The van der Waals surface area contributed by atoms with Crippen LogP contribution < -0.4 is 11.1 Å². The maximum atomic E-state index is 11.9. The summed E-state index contributed by atoms with van der Waals surface area (Å²) in [5, 5.41) is 3.74. The Balaban J connectivity index is 0.000000368. The Kier molecular flexibility index (Phi) is 26.0. The van der Waals surface area contributed by atoms with Gasteiger partial charge < -0.3 is 25.7 Å². The van der Waals surface area contributed by atoms with E-state index in [1.165, 1.54) is 77.0 Å². The van der Waals surface area contributed by atoms with Crippen molar-refractivity contribution >= 4 is 23.7 Å². The molecule has 10 nitrogen and oxygen atoms in total. The van der Waals surface area contributed by atoms with E-state index in [-0.39, 0.29) is 52.9 Å². The number of hydrogen-bond acceptors (Lipinski definition) is 8.